The maximum Gasteiger partial charge on any atom is 0.362 e. The van der Waals surface area contributed by atoms with Gasteiger partial charge in [-0.1, -0.05) is 199 Å². The van der Waals surface area contributed by atoms with Gasteiger partial charge in [-0.3, -0.25) is 9.59 Å². The maximum absolute atomic E-state index is 12.8. The van der Waals surface area contributed by atoms with Gasteiger partial charge in [-0.25, -0.2) is 4.79 Å². The van der Waals surface area contributed by atoms with Gasteiger partial charge in [-0.05, 0) is 64.2 Å². The number of hydrogen-bond acceptors (Lipinski definition) is 6. The minimum absolute atomic E-state index is 0.0535. The molecule has 2 unspecified atom stereocenters. The second-order valence-corrected chi connectivity index (χ2v) is 19.5. The summed E-state index contributed by atoms with van der Waals surface area (Å²) in [6, 6.07) is -0.615. The molecule has 370 valence electrons. The summed E-state index contributed by atoms with van der Waals surface area (Å²) < 4.78 is 17.4. The highest BCUT2D eigenvalue weighted by Crippen LogP contribution is 2.16. The number of carboxylic acids is 1. The average Bonchev–Trinajstić information content (AvgIpc) is 3.24. The van der Waals surface area contributed by atoms with Gasteiger partial charge in [-0.2, -0.15) is 0 Å². The first-order chi connectivity index (χ1) is 30.6. The third kappa shape index (κ3) is 44.8. The summed E-state index contributed by atoms with van der Waals surface area (Å²) in [5, 5.41) is 9.66. The lowest BCUT2D eigenvalue weighted by Crippen LogP contribution is -2.50. The molecule has 0 aromatic heterocycles. The molecule has 63 heavy (non-hydrogen) atoms. The lowest BCUT2D eigenvalue weighted by molar-refractivity contribution is -0.887. The SMILES string of the molecule is CCCCCCCCC/C=C/CCCCCCCC(=O)OCC(COCCC(C(=O)O)[N+](C)(C)C)OC(=O)CCCCCCCCC/C=C/CCCCCCCCCCCCCC. The molecule has 0 heterocycles. The van der Waals surface area contributed by atoms with Gasteiger partial charge in [0.05, 0.1) is 34.4 Å². The van der Waals surface area contributed by atoms with Crippen LogP contribution in [0.3, 0.4) is 0 Å². The summed E-state index contributed by atoms with van der Waals surface area (Å²) in [7, 11) is 5.54. The molecule has 0 aromatic carbocycles. The van der Waals surface area contributed by atoms with Crippen molar-refractivity contribution in [1.82, 2.24) is 0 Å². The summed E-state index contributed by atoms with van der Waals surface area (Å²) in [6.45, 7) is 4.76. The summed E-state index contributed by atoms with van der Waals surface area (Å²) in [5.74, 6) is -1.47. The zero-order chi connectivity index (χ0) is 46.3. The summed E-state index contributed by atoms with van der Waals surface area (Å²) in [5.41, 5.74) is 0. The van der Waals surface area contributed by atoms with Gasteiger partial charge < -0.3 is 23.8 Å². The number of nitrogens with zero attached hydrogens (tertiary/aromatic N) is 1. The lowest BCUT2D eigenvalue weighted by Gasteiger charge is -2.31. The number of unbranched alkanes of at least 4 members (excludes halogenated alkanes) is 31. The van der Waals surface area contributed by atoms with Crippen LogP contribution < -0.4 is 0 Å². The number of esters is 2. The second-order valence-electron chi connectivity index (χ2n) is 19.5. The molecular formula is C55H104NO7+. The van der Waals surface area contributed by atoms with Gasteiger partial charge in [0, 0.05) is 19.3 Å². The van der Waals surface area contributed by atoms with E-state index in [1.807, 2.05) is 21.1 Å². The Kier molecular flexibility index (Phi) is 44.7. The third-order valence-corrected chi connectivity index (χ3v) is 12.3. The van der Waals surface area contributed by atoms with E-state index < -0.39 is 18.1 Å². The van der Waals surface area contributed by atoms with Crippen LogP contribution in [0, 0.1) is 0 Å². The average molecular weight is 891 g/mol. The Labute approximate surface area is 390 Å². The molecule has 0 aliphatic carbocycles. The molecule has 0 saturated carbocycles. The number of allylic oxidation sites excluding steroid dienone is 4. The van der Waals surface area contributed by atoms with Crippen LogP contribution in [-0.2, 0) is 28.6 Å². The van der Waals surface area contributed by atoms with E-state index in [1.54, 1.807) is 0 Å². The Morgan fingerprint density at radius 1 is 0.460 bits per heavy atom. The first kappa shape index (κ1) is 60.8. The molecule has 8 nitrogen and oxygen atoms in total. The normalized spacial score (nSPS) is 13.0. The van der Waals surface area contributed by atoms with Gasteiger partial charge >= 0.3 is 17.9 Å². The number of rotatable bonds is 49. The van der Waals surface area contributed by atoms with Crippen LogP contribution in [0.15, 0.2) is 24.3 Å². The van der Waals surface area contributed by atoms with Crippen molar-refractivity contribution in [3.63, 3.8) is 0 Å². The Hall–Kier alpha value is -2.19. The number of ether oxygens (including phenoxy) is 3. The lowest BCUT2D eigenvalue weighted by atomic mass is 10.0. The van der Waals surface area contributed by atoms with Crippen LogP contribution in [0.2, 0.25) is 0 Å². The first-order valence-corrected chi connectivity index (χ1v) is 26.9. The third-order valence-electron chi connectivity index (χ3n) is 12.3. The largest absolute Gasteiger partial charge is 0.477 e. The number of quaternary nitrogens is 1. The molecule has 0 saturated heterocycles. The van der Waals surface area contributed by atoms with Crippen molar-refractivity contribution in [3.05, 3.63) is 24.3 Å². The van der Waals surface area contributed by atoms with Gasteiger partial charge in [-0.15, -0.1) is 0 Å². The van der Waals surface area contributed by atoms with Crippen molar-refractivity contribution in [2.75, 3.05) is 41.0 Å². The molecule has 0 aromatic rings. The molecule has 0 spiro atoms. The van der Waals surface area contributed by atoms with Crippen molar-refractivity contribution in [3.8, 4) is 0 Å². The van der Waals surface area contributed by atoms with E-state index in [-0.39, 0.29) is 36.2 Å². The van der Waals surface area contributed by atoms with E-state index in [9.17, 15) is 19.5 Å². The zero-order valence-electron chi connectivity index (χ0n) is 42.3. The van der Waals surface area contributed by atoms with Crippen molar-refractivity contribution in [2.45, 2.75) is 270 Å². The molecule has 0 rings (SSSR count). The minimum Gasteiger partial charge on any atom is -0.477 e. The van der Waals surface area contributed by atoms with Crippen molar-refractivity contribution in [1.29, 1.82) is 0 Å². The van der Waals surface area contributed by atoms with Crippen LogP contribution in [0.5, 0.6) is 0 Å². The standard InChI is InChI=1S/C55H103NO7/c1-6-8-10-12-14-16-18-20-22-24-25-26-27-28-29-30-32-34-36-38-40-42-44-46-54(58)63-51(49-61-48-47-52(55(59)60)56(3,4)5)50-62-53(57)45-43-41-39-37-35-33-31-23-21-19-17-15-13-11-9-7-2/h23,28-29,31,51-52H,6-22,24-27,30,32-50H2,1-5H3/p+1/b29-28+,31-23+. The zero-order valence-corrected chi connectivity index (χ0v) is 42.3. The Balaban J connectivity index is 4.20. The van der Waals surface area contributed by atoms with Crippen LogP contribution in [0.25, 0.3) is 0 Å². The fourth-order valence-corrected chi connectivity index (χ4v) is 8.14. The Morgan fingerprint density at radius 2 is 0.794 bits per heavy atom. The maximum atomic E-state index is 12.8. The van der Waals surface area contributed by atoms with Gasteiger partial charge in [0.15, 0.2) is 12.1 Å². The number of carbonyl (C=O) groups excluding carboxylic acids is 2. The van der Waals surface area contributed by atoms with E-state index >= 15 is 0 Å². The number of likely N-dealkylation sites (N-methyl/N-ethyl adjacent to an activating group) is 1. The van der Waals surface area contributed by atoms with Crippen molar-refractivity contribution >= 4 is 17.9 Å². The molecule has 0 amide bonds. The van der Waals surface area contributed by atoms with Crippen LogP contribution in [0.1, 0.15) is 258 Å². The molecular weight excluding hydrogens is 787 g/mol. The molecule has 8 heteroatoms. The summed E-state index contributed by atoms with van der Waals surface area (Å²) in [4.78, 5) is 37.2. The monoisotopic (exact) mass is 891 g/mol. The number of carbonyl (C=O) groups is 3. The predicted molar refractivity (Wildman–Crippen MR) is 266 cm³/mol. The van der Waals surface area contributed by atoms with Crippen LogP contribution >= 0.6 is 0 Å². The first-order valence-electron chi connectivity index (χ1n) is 26.9. The van der Waals surface area contributed by atoms with Crippen molar-refractivity contribution < 1.29 is 38.2 Å². The molecule has 1 N–H and O–H groups in total. The summed E-state index contributed by atoms with van der Waals surface area (Å²) in [6.07, 6.45) is 53.8. The molecule has 2 atom stereocenters. The highest BCUT2D eigenvalue weighted by molar-refractivity contribution is 5.72. The molecule has 0 aliphatic rings. The molecule has 0 aliphatic heterocycles. The Morgan fingerprint density at radius 3 is 1.14 bits per heavy atom. The fourth-order valence-electron chi connectivity index (χ4n) is 8.14. The Bertz CT molecular complexity index is 1080. The van der Waals surface area contributed by atoms with E-state index in [2.05, 4.69) is 38.2 Å². The van der Waals surface area contributed by atoms with Crippen LogP contribution in [0.4, 0.5) is 0 Å². The highest BCUT2D eigenvalue weighted by Gasteiger charge is 2.31. The summed E-state index contributed by atoms with van der Waals surface area (Å²) >= 11 is 0. The van der Waals surface area contributed by atoms with Crippen molar-refractivity contribution in [2.24, 2.45) is 0 Å². The fraction of sp³-hybridized carbons (Fsp3) is 0.873. The van der Waals surface area contributed by atoms with Gasteiger partial charge in [0.25, 0.3) is 0 Å². The van der Waals surface area contributed by atoms with Gasteiger partial charge in [0.2, 0.25) is 0 Å². The molecule has 0 radical (unpaired) electrons. The molecule has 0 bridgehead atoms. The smallest absolute Gasteiger partial charge is 0.362 e. The number of carboxylic acid groups (broad SMARTS) is 1. The van der Waals surface area contributed by atoms with E-state index in [1.165, 1.54) is 180 Å². The minimum atomic E-state index is -0.874. The van der Waals surface area contributed by atoms with Gasteiger partial charge in [0.1, 0.15) is 6.61 Å². The second kappa shape index (κ2) is 46.3. The van der Waals surface area contributed by atoms with E-state index in [0.29, 0.717) is 19.3 Å². The van der Waals surface area contributed by atoms with Crippen LogP contribution in [-0.4, -0.2) is 80.6 Å². The predicted octanol–water partition coefficient (Wildman–Crippen LogP) is 15.6. The van der Waals surface area contributed by atoms with E-state index in [4.69, 9.17) is 14.2 Å². The number of hydrogen-bond donors (Lipinski definition) is 1. The topological polar surface area (TPSA) is 99.1 Å². The van der Waals surface area contributed by atoms with E-state index in [0.717, 1.165) is 44.9 Å². The quantitative estimate of drug-likeness (QED) is 0.0281. The molecule has 0 fully saturated rings. The number of aliphatic carboxylic acids is 1. The highest BCUT2D eigenvalue weighted by atomic mass is 16.6.